The molecule has 9 heteroatoms. The van der Waals surface area contributed by atoms with Gasteiger partial charge in [-0.15, -0.1) is 6.58 Å². The Balaban J connectivity index is 1.89. The van der Waals surface area contributed by atoms with Gasteiger partial charge in [-0.2, -0.15) is 0 Å². The van der Waals surface area contributed by atoms with Gasteiger partial charge < -0.3 is 9.88 Å². The smallest absolute Gasteiger partial charge is 0.261 e. The van der Waals surface area contributed by atoms with E-state index in [0.717, 1.165) is 0 Å². The zero-order chi connectivity index (χ0) is 21.2. The van der Waals surface area contributed by atoms with E-state index in [2.05, 4.69) is 16.6 Å². The van der Waals surface area contributed by atoms with Gasteiger partial charge in [-0.1, -0.05) is 12.1 Å². The Hall–Kier alpha value is -3.30. The Morgan fingerprint density at radius 3 is 2.55 bits per heavy atom. The second-order valence-electron chi connectivity index (χ2n) is 6.24. The van der Waals surface area contributed by atoms with E-state index >= 15 is 0 Å². The minimum absolute atomic E-state index is 0.0226. The summed E-state index contributed by atoms with van der Waals surface area (Å²) >= 11 is 0. The number of halogens is 1. The van der Waals surface area contributed by atoms with Crippen LogP contribution in [0.3, 0.4) is 0 Å². The van der Waals surface area contributed by atoms with E-state index in [-0.39, 0.29) is 27.9 Å². The standard InChI is InChI=1S/C20H18FN3O4S/c1-3-11-22-29(27,28)14-9-7-13(8-10-14)23-20(26)16-12-24(2)18-15(19(16)25)5-4-6-17(18)21/h3-10,12,22H,1,11H2,2H3,(H,23,26). The van der Waals surface area contributed by atoms with E-state index in [1.54, 1.807) is 0 Å². The number of amides is 1. The fourth-order valence-corrected chi connectivity index (χ4v) is 3.85. The van der Waals surface area contributed by atoms with Crippen LogP contribution in [0.5, 0.6) is 0 Å². The number of nitrogens with one attached hydrogen (secondary N) is 2. The summed E-state index contributed by atoms with van der Waals surface area (Å²) in [5.74, 6) is -1.24. The second-order valence-corrected chi connectivity index (χ2v) is 8.00. The summed E-state index contributed by atoms with van der Waals surface area (Å²) in [6, 6.07) is 9.57. The van der Waals surface area contributed by atoms with Crippen LogP contribution in [-0.4, -0.2) is 25.4 Å². The number of fused-ring (bicyclic) bond motifs is 1. The first-order chi connectivity index (χ1) is 13.7. The van der Waals surface area contributed by atoms with Gasteiger partial charge in [-0.05, 0) is 36.4 Å². The van der Waals surface area contributed by atoms with Gasteiger partial charge >= 0.3 is 0 Å². The van der Waals surface area contributed by atoms with E-state index in [1.807, 2.05) is 0 Å². The van der Waals surface area contributed by atoms with E-state index in [0.29, 0.717) is 5.69 Å². The van der Waals surface area contributed by atoms with Crippen molar-refractivity contribution in [3.8, 4) is 0 Å². The van der Waals surface area contributed by atoms with Crippen LogP contribution in [-0.2, 0) is 17.1 Å². The minimum atomic E-state index is -3.68. The monoisotopic (exact) mass is 415 g/mol. The SMILES string of the molecule is C=CCNS(=O)(=O)c1ccc(NC(=O)c2cn(C)c3c(F)cccc3c2=O)cc1. The molecule has 2 aromatic carbocycles. The molecule has 0 spiro atoms. The van der Waals surface area contributed by atoms with Gasteiger partial charge in [0.1, 0.15) is 11.4 Å². The van der Waals surface area contributed by atoms with Gasteiger partial charge in [0, 0.05) is 30.9 Å². The zero-order valence-corrected chi connectivity index (χ0v) is 16.3. The maximum absolute atomic E-state index is 14.0. The van der Waals surface area contributed by atoms with E-state index in [9.17, 15) is 22.4 Å². The van der Waals surface area contributed by atoms with Crippen LogP contribution in [0.2, 0.25) is 0 Å². The van der Waals surface area contributed by atoms with Crippen LogP contribution in [0, 0.1) is 5.82 Å². The number of nitrogens with zero attached hydrogens (tertiary/aromatic N) is 1. The summed E-state index contributed by atoms with van der Waals surface area (Å²) in [7, 11) is -2.14. The van der Waals surface area contributed by atoms with Crippen molar-refractivity contribution < 1.29 is 17.6 Å². The van der Waals surface area contributed by atoms with Crippen molar-refractivity contribution >= 4 is 32.5 Å². The number of para-hydroxylation sites is 1. The molecule has 29 heavy (non-hydrogen) atoms. The fraction of sp³-hybridized carbons (Fsp3) is 0.100. The zero-order valence-electron chi connectivity index (χ0n) is 15.5. The maximum atomic E-state index is 14.0. The number of carbonyl (C=O) groups is 1. The van der Waals surface area contributed by atoms with Crippen LogP contribution < -0.4 is 15.5 Å². The van der Waals surface area contributed by atoms with Crippen molar-refractivity contribution in [2.75, 3.05) is 11.9 Å². The summed E-state index contributed by atoms with van der Waals surface area (Å²) < 4.78 is 41.8. The number of anilines is 1. The number of sulfonamides is 1. The van der Waals surface area contributed by atoms with Crippen LogP contribution in [0.15, 0.2) is 71.0 Å². The topological polar surface area (TPSA) is 97.3 Å². The van der Waals surface area contributed by atoms with Gasteiger partial charge in [0.05, 0.1) is 10.4 Å². The van der Waals surface area contributed by atoms with Crippen LogP contribution in [0.4, 0.5) is 10.1 Å². The molecule has 0 aliphatic carbocycles. The highest BCUT2D eigenvalue weighted by molar-refractivity contribution is 7.89. The average molecular weight is 415 g/mol. The van der Waals surface area contributed by atoms with Crippen molar-refractivity contribution in [1.29, 1.82) is 0 Å². The first-order valence-electron chi connectivity index (χ1n) is 8.54. The van der Waals surface area contributed by atoms with Gasteiger partial charge in [0.2, 0.25) is 15.5 Å². The number of aryl methyl sites for hydroxylation is 1. The summed E-state index contributed by atoms with van der Waals surface area (Å²) in [6.45, 7) is 3.54. The molecule has 0 radical (unpaired) electrons. The third kappa shape index (κ3) is 4.10. The lowest BCUT2D eigenvalue weighted by atomic mass is 10.1. The number of hydrogen-bond acceptors (Lipinski definition) is 4. The molecule has 0 atom stereocenters. The molecule has 0 fully saturated rings. The van der Waals surface area contributed by atoms with Gasteiger partial charge in [0.15, 0.2) is 0 Å². The van der Waals surface area contributed by atoms with Crippen molar-refractivity contribution in [1.82, 2.24) is 9.29 Å². The normalized spacial score (nSPS) is 11.4. The molecular weight excluding hydrogens is 397 g/mol. The molecule has 1 heterocycles. The molecular formula is C20H18FN3O4S. The van der Waals surface area contributed by atoms with E-state index in [4.69, 9.17) is 0 Å². The summed E-state index contributed by atoms with van der Waals surface area (Å²) in [5, 5.41) is 2.64. The molecule has 7 nitrogen and oxygen atoms in total. The molecule has 0 aliphatic heterocycles. The summed E-state index contributed by atoms with van der Waals surface area (Å²) in [5.41, 5.74) is -0.340. The van der Waals surface area contributed by atoms with E-state index < -0.39 is 27.2 Å². The fourth-order valence-electron chi connectivity index (χ4n) is 2.85. The Bertz CT molecular complexity index is 1270. The number of carbonyl (C=O) groups excluding carboxylic acids is 1. The maximum Gasteiger partial charge on any atom is 0.261 e. The molecule has 150 valence electrons. The largest absolute Gasteiger partial charge is 0.347 e. The number of benzene rings is 2. The number of aromatic nitrogens is 1. The van der Waals surface area contributed by atoms with Crippen molar-refractivity contribution in [2.45, 2.75) is 4.90 Å². The molecule has 3 rings (SSSR count). The molecule has 0 saturated heterocycles. The highest BCUT2D eigenvalue weighted by Crippen LogP contribution is 2.17. The van der Waals surface area contributed by atoms with Crippen LogP contribution in [0.1, 0.15) is 10.4 Å². The van der Waals surface area contributed by atoms with Gasteiger partial charge in [-0.25, -0.2) is 17.5 Å². The lowest BCUT2D eigenvalue weighted by molar-refractivity contribution is 0.102. The Morgan fingerprint density at radius 1 is 1.21 bits per heavy atom. The Kier molecular flexibility index (Phi) is 5.62. The average Bonchev–Trinajstić information content (AvgIpc) is 2.69. The quantitative estimate of drug-likeness (QED) is 0.604. The minimum Gasteiger partial charge on any atom is -0.347 e. The summed E-state index contributed by atoms with van der Waals surface area (Å²) in [6.07, 6.45) is 2.68. The molecule has 0 aliphatic rings. The van der Waals surface area contributed by atoms with Crippen LogP contribution in [0.25, 0.3) is 10.9 Å². The van der Waals surface area contributed by atoms with E-state index in [1.165, 1.54) is 66.4 Å². The highest BCUT2D eigenvalue weighted by Gasteiger charge is 2.17. The Labute approximate surface area is 166 Å². The lowest BCUT2D eigenvalue weighted by Gasteiger charge is -2.11. The Morgan fingerprint density at radius 2 is 1.90 bits per heavy atom. The van der Waals surface area contributed by atoms with Gasteiger partial charge in [-0.3, -0.25) is 9.59 Å². The first kappa shape index (κ1) is 20.4. The highest BCUT2D eigenvalue weighted by atomic mass is 32.2. The summed E-state index contributed by atoms with van der Waals surface area (Å²) in [4.78, 5) is 25.2. The third-order valence-corrected chi connectivity index (χ3v) is 5.68. The lowest BCUT2D eigenvalue weighted by Crippen LogP contribution is -2.24. The predicted octanol–water partition coefficient (Wildman–Crippen LogP) is 2.39. The number of hydrogen-bond donors (Lipinski definition) is 2. The first-order valence-corrected chi connectivity index (χ1v) is 10.0. The number of pyridine rings is 1. The van der Waals surface area contributed by atoms with Gasteiger partial charge in [0.25, 0.3) is 5.91 Å². The van der Waals surface area contributed by atoms with Crippen molar-refractivity contribution in [3.05, 3.63) is 82.9 Å². The molecule has 0 saturated carbocycles. The molecule has 0 bridgehead atoms. The third-order valence-electron chi connectivity index (χ3n) is 4.24. The second kappa shape index (κ2) is 7.98. The molecule has 3 aromatic rings. The van der Waals surface area contributed by atoms with Crippen molar-refractivity contribution in [3.63, 3.8) is 0 Å². The molecule has 0 unspecified atom stereocenters. The predicted molar refractivity (Wildman–Crippen MR) is 109 cm³/mol. The molecule has 2 N–H and O–H groups in total. The van der Waals surface area contributed by atoms with Crippen molar-refractivity contribution in [2.24, 2.45) is 7.05 Å². The van der Waals surface area contributed by atoms with Crippen LogP contribution >= 0.6 is 0 Å². The number of rotatable bonds is 6. The molecule has 1 amide bonds. The molecule has 1 aromatic heterocycles.